The van der Waals surface area contributed by atoms with Crippen molar-refractivity contribution >= 4 is 11.7 Å². The molecule has 0 amide bonds. The van der Waals surface area contributed by atoms with Gasteiger partial charge in [-0.3, -0.25) is 14.9 Å². The first-order chi connectivity index (χ1) is 15.0. The summed E-state index contributed by atoms with van der Waals surface area (Å²) >= 11 is 0. The molecule has 1 saturated carbocycles. The van der Waals surface area contributed by atoms with Crippen LogP contribution in [0.2, 0.25) is 0 Å². The van der Waals surface area contributed by atoms with Crippen molar-refractivity contribution in [3.05, 3.63) is 21.6 Å². The Morgan fingerprint density at radius 1 is 1.29 bits per heavy atom. The van der Waals surface area contributed by atoms with Gasteiger partial charge in [0.1, 0.15) is 17.6 Å². The zero-order chi connectivity index (χ0) is 24.1. The maximum Gasteiger partial charge on any atom is 0.351 e. The van der Waals surface area contributed by atoms with Gasteiger partial charge in [0.25, 0.3) is 5.88 Å². The first kappa shape index (κ1) is 23.3. The molecule has 1 aliphatic carbocycles. The van der Waals surface area contributed by atoms with Gasteiger partial charge in [-0.1, -0.05) is 0 Å². The largest absolute Gasteiger partial charge is 0.466 e. The minimum atomic E-state index is -0.890. The number of carbonyl (C=O) groups is 1. The molecule has 2 N–H and O–H groups in total. The van der Waals surface area contributed by atoms with Gasteiger partial charge in [0, 0.05) is 12.5 Å². The zero-order valence-corrected chi connectivity index (χ0v) is 18.8. The summed E-state index contributed by atoms with van der Waals surface area (Å²) < 4.78 is 18.2. The molecule has 0 spiro atoms. The molecule has 31 heavy (non-hydrogen) atoms. The summed E-state index contributed by atoms with van der Waals surface area (Å²) in [6.07, 6.45) is 0.592. The van der Waals surface area contributed by atoms with E-state index in [4.69, 9.17) is 10.9 Å². The SMILES string of the molecule is [3H]OCCC[C@H]1C[C@H](CCOC(=O)C(C)(C)C)[C@H](Oc2nc(C)nc(C)c2[N+](=O)[O-])[C@@H]1O. The standard InChI is InChI=1S/C21H33N3O7/c1-12-16(24(28)29)19(23-13(2)22-12)31-18-15(8-10-30-20(27)21(3,4)5)11-14(17(18)26)7-6-9-25/h14-15,17-18,25-26H,6-11H2,1-5H3/t14-,15-,17+,18-/m0/s1/i25T. The maximum atomic E-state index is 12.1. The van der Waals surface area contributed by atoms with Crippen LogP contribution in [0.5, 0.6) is 5.88 Å². The molecule has 0 radical (unpaired) electrons. The summed E-state index contributed by atoms with van der Waals surface area (Å²) in [7, 11) is 0. The smallest absolute Gasteiger partial charge is 0.351 e. The van der Waals surface area contributed by atoms with Crippen LogP contribution in [0.15, 0.2) is 0 Å². The Morgan fingerprint density at radius 3 is 2.61 bits per heavy atom. The molecule has 1 fully saturated rings. The van der Waals surface area contributed by atoms with Crippen LogP contribution in [0.25, 0.3) is 0 Å². The van der Waals surface area contributed by atoms with E-state index in [0.717, 1.165) is 0 Å². The van der Waals surface area contributed by atoms with Gasteiger partial charge in [-0.25, -0.2) is 4.98 Å². The van der Waals surface area contributed by atoms with Crippen molar-refractivity contribution in [2.75, 3.05) is 13.2 Å². The monoisotopic (exact) mass is 441 g/mol. The highest BCUT2D eigenvalue weighted by Crippen LogP contribution is 2.40. The van der Waals surface area contributed by atoms with Gasteiger partial charge in [0.15, 0.2) is 0 Å². The number of carbonyl (C=O) groups excluding carboxylic acids is 1. The second-order valence-corrected chi connectivity index (χ2v) is 9.12. The molecule has 0 aromatic carbocycles. The second kappa shape index (κ2) is 10.3. The van der Waals surface area contributed by atoms with E-state index in [0.29, 0.717) is 31.5 Å². The minimum Gasteiger partial charge on any atom is -0.466 e. The zero-order valence-electron chi connectivity index (χ0n) is 19.8. The van der Waals surface area contributed by atoms with Crippen LogP contribution in [-0.4, -0.2) is 57.9 Å². The molecule has 1 heterocycles. The number of hydrogen-bond acceptors (Lipinski definition) is 9. The van der Waals surface area contributed by atoms with Crippen LogP contribution in [0.4, 0.5) is 5.69 Å². The summed E-state index contributed by atoms with van der Waals surface area (Å²) in [6.45, 7) is 8.83. The molecule has 0 saturated heterocycles. The van der Waals surface area contributed by atoms with Gasteiger partial charge >= 0.3 is 11.7 Å². The quantitative estimate of drug-likeness (QED) is 0.242. The van der Waals surface area contributed by atoms with Gasteiger partial charge < -0.3 is 19.7 Å². The van der Waals surface area contributed by atoms with Crippen LogP contribution in [0.3, 0.4) is 0 Å². The second-order valence-electron chi connectivity index (χ2n) is 9.12. The molecule has 4 atom stereocenters. The van der Waals surface area contributed by atoms with Crippen molar-refractivity contribution in [2.24, 2.45) is 17.3 Å². The third kappa shape index (κ3) is 6.33. The summed E-state index contributed by atoms with van der Waals surface area (Å²) in [5.74, 6) is -0.502. The van der Waals surface area contributed by atoms with E-state index in [2.05, 4.69) is 15.1 Å². The highest BCUT2D eigenvalue weighted by molar-refractivity contribution is 5.75. The summed E-state index contributed by atoms with van der Waals surface area (Å²) in [5, 5.41) is 26.9. The lowest BCUT2D eigenvalue weighted by molar-refractivity contribution is -0.387. The van der Waals surface area contributed by atoms with Gasteiger partial charge in [-0.15, -0.1) is 0 Å². The van der Waals surface area contributed by atoms with E-state index in [1.165, 1.54) is 6.92 Å². The Kier molecular flexibility index (Phi) is 7.77. The molecular weight excluding hydrogens is 406 g/mol. The molecule has 0 unspecified atom stereocenters. The van der Waals surface area contributed by atoms with E-state index in [9.17, 15) is 20.0 Å². The van der Waals surface area contributed by atoms with Crippen molar-refractivity contribution < 1.29 is 29.4 Å². The average molecular weight is 442 g/mol. The van der Waals surface area contributed by atoms with E-state index in [1.807, 2.05) is 0 Å². The van der Waals surface area contributed by atoms with Crippen molar-refractivity contribution in [1.82, 2.24) is 9.97 Å². The highest BCUT2D eigenvalue weighted by atomic mass is 16.6. The Bertz CT molecular complexity index is 815. The summed E-state index contributed by atoms with van der Waals surface area (Å²) in [4.78, 5) is 31.2. The molecule has 1 aromatic heterocycles. The first-order valence-electron chi connectivity index (χ1n) is 11.0. The lowest BCUT2D eigenvalue weighted by Crippen LogP contribution is -2.35. The number of nitro groups is 1. The molecule has 0 aliphatic heterocycles. The van der Waals surface area contributed by atoms with Crippen molar-refractivity contribution in [2.45, 2.75) is 72.5 Å². The van der Waals surface area contributed by atoms with Crippen molar-refractivity contribution in [3.63, 3.8) is 0 Å². The molecule has 10 nitrogen and oxygen atoms in total. The number of nitrogens with zero attached hydrogens (tertiary/aromatic N) is 3. The average Bonchev–Trinajstić information content (AvgIpc) is 2.95. The molecule has 0 bridgehead atoms. The van der Waals surface area contributed by atoms with Gasteiger partial charge in [-0.05, 0) is 66.2 Å². The minimum absolute atomic E-state index is 0.137. The van der Waals surface area contributed by atoms with Crippen LogP contribution in [0.1, 0.15) is 58.0 Å². The van der Waals surface area contributed by atoms with E-state index in [-0.39, 0.29) is 48.3 Å². The predicted octanol–water partition coefficient (Wildman–Crippen LogP) is 2.50. The fourth-order valence-corrected chi connectivity index (χ4v) is 3.91. The molecule has 2 rings (SSSR count). The van der Waals surface area contributed by atoms with Crippen molar-refractivity contribution in [3.8, 4) is 5.88 Å². The van der Waals surface area contributed by atoms with Crippen molar-refractivity contribution in [1.29, 1.82) is 1.43 Å². The number of aryl methyl sites for hydroxylation is 2. The topological polar surface area (TPSA) is 145 Å². The number of hydrogen-bond donors (Lipinski definition) is 2. The van der Waals surface area contributed by atoms with E-state index >= 15 is 0 Å². The number of ether oxygens (including phenoxy) is 2. The molecule has 1 aliphatic rings. The number of aliphatic hydroxyl groups excluding tert-OH is 2. The van der Waals surface area contributed by atoms with Gasteiger partial charge in [-0.2, -0.15) is 4.98 Å². The Balaban J connectivity index is 2.21. The van der Waals surface area contributed by atoms with Crippen LogP contribution in [-0.2, 0) is 9.53 Å². The Labute approximate surface area is 183 Å². The van der Waals surface area contributed by atoms with E-state index < -0.39 is 22.5 Å². The fraction of sp³-hybridized carbons (Fsp3) is 0.762. The summed E-state index contributed by atoms with van der Waals surface area (Å²) in [6, 6.07) is 0. The molecular formula is C21H33N3O7. The number of esters is 1. The Hall–Kier alpha value is -2.33. The molecule has 174 valence electrons. The van der Waals surface area contributed by atoms with Gasteiger partial charge in [0.2, 0.25) is 1.43 Å². The van der Waals surface area contributed by atoms with E-state index in [1.54, 1.807) is 27.7 Å². The van der Waals surface area contributed by atoms with Crippen LogP contribution >= 0.6 is 0 Å². The lowest BCUT2D eigenvalue weighted by Gasteiger charge is -2.24. The van der Waals surface area contributed by atoms with Gasteiger partial charge in [0.05, 0.1) is 23.0 Å². The fourth-order valence-electron chi connectivity index (χ4n) is 3.91. The maximum absolute atomic E-state index is 12.1. The predicted molar refractivity (Wildman–Crippen MR) is 112 cm³/mol. The Morgan fingerprint density at radius 2 is 2.00 bits per heavy atom. The number of aliphatic hydroxyl groups is 2. The third-order valence-corrected chi connectivity index (χ3v) is 5.51. The third-order valence-electron chi connectivity index (χ3n) is 5.51. The lowest BCUT2D eigenvalue weighted by atomic mass is 9.97. The summed E-state index contributed by atoms with van der Waals surface area (Å²) in [5.41, 5.74) is -0.767. The highest BCUT2D eigenvalue weighted by Gasteiger charge is 2.45. The molecule has 1 aromatic rings. The normalized spacial score (nSPS) is 24.0. The molecule has 10 heteroatoms. The van der Waals surface area contributed by atoms with Crippen LogP contribution < -0.4 is 4.74 Å². The first-order valence-corrected chi connectivity index (χ1v) is 10.5. The van der Waals surface area contributed by atoms with Crippen LogP contribution in [0, 0.1) is 41.2 Å². The number of rotatable bonds is 10. The number of aromatic nitrogens is 2.